The molecule has 0 saturated carbocycles. The molecule has 0 aromatic heterocycles. The minimum Gasteiger partial charge on any atom is -0.482 e. The van der Waals surface area contributed by atoms with Crippen molar-refractivity contribution in [1.29, 1.82) is 0 Å². The Morgan fingerprint density at radius 3 is 2.52 bits per heavy atom. The van der Waals surface area contributed by atoms with Crippen molar-refractivity contribution >= 4 is 62.5 Å². The summed E-state index contributed by atoms with van der Waals surface area (Å²) in [6, 6.07) is 9.41. The molecule has 2 amide bonds. The Morgan fingerprint density at radius 1 is 1.13 bits per heavy atom. The molecule has 5 nitrogen and oxygen atoms in total. The van der Waals surface area contributed by atoms with Crippen molar-refractivity contribution in [2.45, 2.75) is 39.3 Å². The molecule has 31 heavy (non-hydrogen) atoms. The largest absolute Gasteiger partial charge is 0.482 e. The number of carbonyl (C=O) groups excluding carboxylic acids is 2. The van der Waals surface area contributed by atoms with Gasteiger partial charge in [-0.15, -0.1) is 0 Å². The van der Waals surface area contributed by atoms with Crippen molar-refractivity contribution in [2.75, 3.05) is 13.2 Å². The number of halogens is 4. The van der Waals surface area contributed by atoms with Gasteiger partial charge in [-0.1, -0.05) is 70.1 Å². The summed E-state index contributed by atoms with van der Waals surface area (Å²) in [4.78, 5) is 27.1. The van der Waals surface area contributed by atoms with Crippen LogP contribution in [0.4, 0.5) is 0 Å². The van der Waals surface area contributed by atoms with Gasteiger partial charge in [0.05, 0.1) is 5.02 Å². The molecule has 0 spiro atoms. The number of rotatable bonds is 10. The maximum atomic E-state index is 13.1. The van der Waals surface area contributed by atoms with E-state index in [2.05, 4.69) is 21.2 Å². The minimum atomic E-state index is -0.722. The first-order valence-electron chi connectivity index (χ1n) is 9.81. The lowest BCUT2D eigenvalue weighted by molar-refractivity contribution is -0.142. The lowest BCUT2D eigenvalue weighted by Gasteiger charge is -2.29. The number of hydrogen-bond acceptors (Lipinski definition) is 3. The van der Waals surface area contributed by atoms with E-state index in [0.29, 0.717) is 32.9 Å². The molecule has 0 saturated heterocycles. The van der Waals surface area contributed by atoms with Gasteiger partial charge in [0.2, 0.25) is 5.91 Å². The van der Waals surface area contributed by atoms with Crippen molar-refractivity contribution < 1.29 is 14.3 Å². The zero-order valence-electron chi connectivity index (χ0n) is 17.3. The first-order chi connectivity index (χ1) is 14.7. The second-order valence-electron chi connectivity index (χ2n) is 6.94. The monoisotopic (exact) mass is 548 g/mol. The number of amides is 2. The fourth-order valence-corrected chi connectivity index (χ4v) is 3.96. The smallest absolute Gasteiger partial charge is 0.261 e. The Labute approximate surface area is 206 Å². The van der Waals surface area contributed by atoms with E-state index in [0.717, 1.165) is 17.3 Å². The number of carbonyl (C=O) groups is 2. The van der Waals surface area contributed by atoms with Crippen LogP contribution in [0.25, 0.3) is 0 Å². The Balaban J connectivity index is 2.18. The number of nitrogens with one attached hydrogen (secondary N) is 1. The molecular formula is C22H24BrCl3N2O3. The number of ether oxygens (including phenoxy) is 1. The van der Waals surface area contributed by atoms with E-state index in [9.17, 15) is 9.59 Å². The summed E-state index contributed by atoms with van der Waals surface area (Å²) in [5.41, 5.74) is 0.675. The summed E-state index contributed by atoms with van der Waals surface area (Å²) < 4.78 is 6.42. The second-order valence-corrected chi connectivity index (χ2v) is 9.11. The molecule has 0 aliphatic heterocycles. The molecule has 0 heterocycles. The van der Waals surface area contributed by atoms with E-state index < -0.39 is 6.04 Å². The SMILES string of the molecule is CCCCNC(=O)[C@H](C)N(Cc1ccc(Cl)cc1Cl)C(=O)COc1ccc(Br)cc1Cl. The second kappa shape index (κ2) is 12.5. The van der Waals surface area contributed by atoms with Gasteiger partial charge in [-0.05, 0) is 49.2 Å². The third-order valence-electron chi connectivity index (χ3n) is 4.60. The van der Waals surface area contributed by atoms with Gasteiger partial charge >= 0.3 is 0 Å². The van der Waals surface area contributed by atoms with Gasteiger partial charge in [-0.25, -0.2) is 0 Å². The van der Waals surface area contributed by atoms with Gasteiger partial charge in [-0.3, -0.25) is 9.59 Å². The highest BCUT2D eigenvalue weighted by Gasteiger charge is 2.27. The summed E-state index contributed by atoms with van der Waals surface area (Å²) in [5, 5.41) is 4.15. The van der Waals surface area contributed by atoms with Gasteiger partial charge in [0.15, 0.2) is 6.61 Å². The first-order valence-corrected chi connectivity index (χ1v) is 11.7. The minimum absolute atomic E-state index is 0.134. The summed E-state index contributed by atoms with van der Waals surface area (Å²) in [6.45, 7) is 4.12. The lowest BCUT2D eigenvalue weighted by atomic mass is 10.1. The third-order valence-corrected chi connectivity index (χ3v) is 5.97. The molecule has 0 unspecified atom stereocenters. The van der Waals surface area contributed by atoms with E-state index in [4.69, 9.17) is 39.5 Å². The predicted molar refractivity (Wildman–Crippen MR) is 129 cm³/mol. The van der Waals surface area contributed by atoms with Crippen LogP contribution in [0, 0.1) is 0 Å². The maximum Gasteiger partial charge on any atom is 0.261 e. The van der Waals surface area contributed by atoms with Crippen LogP contribution in [0.2, 0.25) is 15.1 Å². The van der Waals surface area contributed by atoms with Gasteiger partial charge < -0.3 is 15.0 Å². The topological polar surface area (TPSA) is 58.6 Å². The molecule has 0 aliphatic carbocycles. The van der Waals surface area contributed by atoms with Crippen LogP contribution in [-0.4, -0.2) is 35.9 Å². The van der Waals surface area contributed by atoms with E-state index in [1.54, 1.807) is 43.3 Å². The molecular weight excluding hydrogens is 527 g/mol. The molecule has 0 bridgehead atoms. The van der Waals surface area contributed by atoms with E-state index in [1.807, 2.05) is 6.92 Å². The molecule has 168 valence electrons. The zero-order valence-corrected chi connectivity index (χ0v) is 21.1. The summed E-state index contributed by atoms with van der Waals surface area (Å²) in [7, 11) is 0. The number of hydrogen-bond donors (Lipinski definition) is 1. The van der Waals surface area contributed by atoms with Gasteiger partial charge in [-0.2, -0.15) is 0 Å². The Morgan fingerprint density at radius 2 is 1.87 bits per heavy atom. The molecule has 1 N–H and O–H groups in total. The van der Waals surface area contributed by atoms with Crippen molar-refractivity contribution in [3.63, 3.8) is 0 Å². The third kappa shape index (κ3) is 7.86. The van der Waals surface area contributed by atoms with Crippen LogP contribution >= 0.6 is 50.7 Å². The quantitative estimate of drug-likeness (QED) is 0.363. The van der Waals surface area contributed by atoms with E-state index in [-0.39, 0.29) is 25.0 Å². The van der Waals surface area contributed by atoms with Crippen LogP contribution in [-0.2, 0) is 16.1 Å². The number of nitrogens with zero attached hydrogens (tertiary/aromatic N) is 1. The molecule has 1 atom stereocenters. The molecule has 0 aliphatic rings. The highest BCUT2D eigenvalue weighted by atomic mass is 79.9. The zero-order chi connectivity index (χ0) is 23.0. The van der Waals surface area contributed by atoms with Gasteiger partial charge in [0.25, 0.3) is 5.91 Å². The lowest BCUT2D eigenvalue weighted by Crippen LogP contribution is -2.49. The van der Waals surface area contributed by atoms with Crippen molar-refractivity contribution in [3.8, 4) is 5.75 Å². The van der Waals surface area contributed by atoms with Crippen LogP contribution in [0.3, 0.4) is 0 Å². The summed E-state index contributed by atoms with van der Waals surface area (Å²) >= 11 is 21.8. The van der Waals surface area contributed by atoms with Crippen molar-refractivity contribution in [2.24, 2.45) is 0 Å². The highest BCUT2D eigenvalue weighted by molar-refractivity contribution is 9.10. The highest BCUT2D eigenvalue weighted by Crippen LogP contribution is 2.28. The molecule has 2 aromatic carbocycles. The fraction of sp³-hybridized carbons (Fsp3) is 0.364. The Hall–Kier alpha value is -1.47. The number of benzene rings is 2. The predicted octanol–water partition coefficient (Wildman–Crippen LogP) is 6.12. The van der Waals surface area contributed by atoms with Crippen molar-refractivity contribution in [3.05, 3.63) is 61.5 Å². The normalized spacial score (nSPS) is 11.7. The molecule has 0 radical (unpaired) electrons. The van der Waals surface area contributed by atoms with E-state index in [1.165, 1.54) is 4.90 Å². The molecule has 9 heteroatoms. The molecule has 2 rings (SSSR count). The number of unbranched alkanes of at least 4 members (excludes halogenated alkanes) is 1. The maximum absolute atomic E-state index is 13.1. The first kappa shape index (κ1) is 25.8. The summed E-state index contributed by atoms with van der Waals surface area (Å²) in [6.07, 6.45) is 1.82. The molecule has 0 fully saturated rings. The van der Waals surface area contributed by atoms with Gasteiger partial charge in [0, 0.05) is 27.6 Å². The van der Waals surface area contributed by atoms with Crippen LogP contribution in [0.1, 0.15) is 32.3 Å². The van der Waals surface area contributed by atoms with E-state index >= 15 is 0 Å². The Bertz CT molecular complexity index is 927. The fourth-order valence-electron chi connectivity index (χ4n) is 2.77. The Kier molecular flexibility index (Phi) is 10.4. The van der Waals surface area contributed by atoms with Crippen LogP contribution in [0.5, 0.6) is 5.75 Å². The van der Waals surface area contributed by atoms with Crippen LogP contribution < -0.4 is 10.1 Å². The average molecular weight is 551 g/mol. The van der Waals surface area contributed by atoms with Gasteiger partial charge in [0.1, 0.15) is 11.8 Å². The average Bonchev–Trinajstić information content (AvgIpc) is 2.72. The summed E-state index contributed by atoms with van der Waals surface area (Å²) in [5.74, 6) is -0.237. The molecule has 2 aromatic rings. The van der Waals surface area contributed by atoms with Crippen molar-refractivity contribution in [1.82, 2.24) is 10.2 Å². The van der Waals surface area contributed by atoms with Crippen LogP contribution in [0.15, 0.2) is 40.9 Å². The standard InChI is InChI=1S/C22H24BrCl3N2O3/c1-3-4-9-27-22(30)14(2)28(12-15-5-7-17(24)11-18(15)25)21(29)13-31-20-8-6-16(23)10-19(20)26/h5-8,10-11,14H,3-4,9,12-13H2,1-2H3,(H,27,30)/t14-/m0/s1.